The zero-order valence-corrected chi connectivity index (χ0v) is 12.3. The second-order valence-electron chi connectivity index (χ2n) is 5.78. The first kappa shape index (κ1) is 14.1. The highest BCUT2D eigenvalue weighted by Crippen LogP contribution is 2.34. The Kier molecular flexibility index (Phi) is 3.92. The highest BCUT2D eigenvalue weighted by atomic mass is 16.2. The second-order valence-corrected chi connectivity index (χ2v) is 5.78. The summed E-state index contributed by atoms with van der Waals surface area (Å²) in [4.78, 5) is 25.9. The summed E-state index contributed by atoms with van der Waals surface area (Å²) >= 11 is 0. The number of rotatable bonds is 2. The number of likely N-dealkylation sites (tertiary alicyclic amines) is 1. The molecule has 2 amide bonds. The monoisotopic (exact) mass is 287 g/mol. The van der Waals surface area contributed by atoms with Gasteiger partial charge >= 0.3 is 0 Å². The van der Waals surface area contributed by atoms with Gasteiger partial charge in [0.15, 0.2) is 0 Å². The summed E-state index contributed by atoms with van der Waals surface area (Å²) in [5.41, 5.74) is 2.47. The molecule has 0 radical (unpaired) electrons. The standard InChI is InChI=1S/C16H21N3O2/c1-11-5-2-3-6-12(11)14-7-4-8-19(14)16(21)13-9-18-15(20)10-17-13/h2-3,5-6,13-14,17H,4,7-10H2,1H3,(H,18,20). The van der Waals surface area contributed by atoms with Crippen LogP contribution in [0.1, 0.15) is 30.0 Å². The molecule has 2 saturated heterocycles. The van der Waals surface area contributed by atoms with Gasteiger partial charge in [-0.3, -0.25) is 14.9 Å². The Balaban J connectivity index is 1.76. The average molecular weight is 287 g/mol. The Labute approximate surface area is 124 Å². The van der Waals surface area contributed by atoms with Gasteiger partial charge in [-0.05, 0) is 30.9 Å². The van der Waals surface area contributed by atoms with Gasteiger partial charge in [-0.25, -0.2) is 0 Å². The molecule has 2 aliphatic heterocycles. The number of amides is 2. The van der Waals surface area contributed by atoms with Crippen LogP contribution < -0.4 is 10.6 Å². The van der Waals surface area contributed by atoms with Gasteiger partial charge in [0.2, 0.25) is 11.8 Å². The lowest BCUT2D eigenvalue weighted by molar-refractivity contribution is -0.135. The van der Waals surface area contributed by atoms with Gasteiger partial charge in [0, 0.05) is 13.1 Å². The van der Waals surface area contributed by atoms with Crippen LogP contribution in [0.4, 0.5) is 0 Å². The van der Waals surface area contributed by atoms with E-state index in [-0.39, 0.29) is 30.4 Å². The van der Waals surface area contributed by atoms with Crippen molar-refractivity contribution in [3.8, 4) is 0 Å². The number of nitrogens with one attached hydrogen (secondary N) is 2. The highest BCUT2D eigenvalue weighted by molar-refractivity contribution is 5.87. The quantitative estimate of drug-likeness (QED) is 0.843. The van der Waals surface area contributed by atoms with Crippen LogP contribution in [0.2, 0.25) is 0 Å². The van der Waals surface area contributed by atoms with Crippen LogP contribution in [-0.4, -0.2) is 42.4 Å². The van der Waals surface area contributed by atoms with Crippen molar-refractivity contribution in [2.75, 3.05) is 19.6 Å². The van der Waals surface area contributed by atoms with Gasteiger partial charge < -0.3 is 10.2 Å². The van der Waals surface area contributed by atoms with Crippen molar-refractivity contribution in [3.05, 3.63) is 35.4 Å². The molecule has 3 rings (SSSR count). The third-order valence-corrected chi connectivity index (χ3v) is 4.39. The molecule has 2 atom stereocenters. The summed E-state index contributed by atoms with van der Waals surface area (Å²) in [7, 11) is 0. The van der Waals surface area contributed by atoms with Crippen molar-refractivity contribution >= 4 is 11.8 Å². The summed E-state index contributed by atoms with van der Waals surface area (Å²) < 4.78 is 0. The number of carbonyl (C=O) groups is 2. The summed E-state index contributed by atoms with van der Waals surface area (Å²) in [6.45, 7) is 3.49. The van der Waals surface area contributed by atoms with E-state index in [0.717, 1.165) is 19.4 Å². The largest absolute Gasteiger partial charge is 0.353 e. The normalized spacial score (nSPS) is 25.8. The summed E-state index contributed by atoms with van der Waals surface area (Å²) in [6, 6.07) is 8.13. The lowest BCUT2D eigenvalue weighted by Crippen LogP contribution is -2.58. The minimum Gasteiger partial charge on any atom is -0.353 e. The van der Waals surface area contributed by atoms with Gasteiger partial charge in [0.25, 0.3) is 0 Å². The van der Waals surface area contributed by atoms with E-state index in [9.17, 15) is 9.59 Å². The van der Waals surface area contributed by atoms with Crippen LogP contribution in [0, 0.1) is 6.92 Å². The van der Waals surface area contributed by atoms with E-state index in [2.05, 4.69) is 29.7 Å². The van der Waals surface area contributed by atoms with E-state index in [4.69, 9.17) is 0 Å². The third-order valence-electron chi connectivity index (χ3n) is 4.39. The van der Waals surface area contributed by atoms with Crippen molar-refractivity contribution in [1.82, 2.24) is 15.5 Å². The number of carbonyl (C=O) groups excluding carboxylic acids is 2. The molecule has 5 nitrogen and oxygen atoms in total. The molecule has 2 unspecified atom stereocenters. The van der Waals surface area contributed by atoms with Crippen LogP contribution in [0.15, 0.2) is 24.3 Å². The van der Waals surface area contributed by atoms with Crippen LogP contribution in [-0.2, 0) is 9.59 Å². The molecule has 1 aromatic carbocycles. The molecule has 2 N–H and O–H groups in total. The molecule has 5 heteroatoms. The number of piperazine rings is 1. The Morgan fingerprint density at radius 2 is 2.14 bits per heavy atom. The molecule has 21 heavy (non-hydrogen) atoms. The summed E-state index contributed by atoms with van der Waals surface area (Å²) in [5, 5.41) is 5.78. The Morgan fingerprint density at radius 3 is 2.86 bits per heavy atom. The van der Waals surface area contributed by atoms with Crippen LogP contribution in [0.3, 0.4) is 0 Å². The third kappa shape index (κ3) is 2.78. The minimum atomic E-state index is -0.299. The molecular formula is C16H21N3O2. The predicted molar refractivity (Wildman–Crippen MR) is 79.7 cm³/mol. The number of nitrogens with zero attached hydrogens (tertiary/aromatic N) is 1. The smallest absolute Gasteiger partial charge is 0.242 e. The maximum absolute atomic E-state index is 12.7. The number of hydrogen-bond acceptors (Lipinski definition) is 3. The Morgan fingerprint density at radius 1 is 1.33 bits per heavy atom. The molecule has 0 aromatic heterocycles. The predicted octanol–water partition coefficient (Wildman–Crippen LogP) is 0.747. The minimum absolute atomic E-state index is 0.0454. The maximum Gasteiger partial charge on any atom is 0.242 e. The molecule has 2 aliphatic rings. The lowest BCUT2D eigenvalue weighted by Gasteiger charge is -2.32. The molecule has 0 aliphatic carbocycles. The van der Waals surface area contributed by atoms with Crippen LogP contribution in [0.5, 0.6) is 0 Å². The first-order valence-electron chi connectivity index (χ1n) is 7.53. The van der Waals surface area contributed by atoms with Crippen molar-refractivity contribution in [3.63, 3.8) is 0 Å². The van der Waals surface area contributed by atoms with Gasteiger partial charge in [-0.2, -0.15) is 0 Å². The topological polar surface area (TPSA) is 61.4 Å². The molecule has 2 fully saturated rings. The number of hydrogen-bond donors (Lipinski definition) is 2. The van der Waals surface area contributed by atoms with Crippen molar-refractivity contribution in [2.24, 2.45) is 0 Å². The molecular weight excluding hydrogens is 266 g/mol. The molecule has 0 saturated carbocycles. The highest BCUT2D eigenvalue weighted by Gasteiger charge is 2.35. The van der Waals surface area contributed by atoms with E-state index < -0.39 is 0 Å². The van der Waals surface area contributed by atoms with Crippen molar-refractivity contribution in [2.45, 2.75) is 31.8 Å². The Bertz CT molecular complexity index is 548. The van der Waals surface area contributed by atoms with Gasteiger partial charge in [0.05, 0.1) is 12.6 Å². The van der Waals surface area contributed by atoms with E-state index in [0.29, 0.717) is 6.54 Å². The Hall–Kier alpha value is -1.88. The van der Waals surface area contributed by atoms with Gasteiger partial charge in [-0.1, -0.05) is 24.3 Å². The second kappa shape index (κ2) is 5.85. The molecule has 2 heterocycles. The molecule has 0 bridgehead atoms. The molecule has 0 spiro atoms. The SMILES string of the molecule is Cc1ccccc1C1CCCN1C(=O)C1CNC(=O)CN1. The number of aryl methyl sites for hydroxylation is 1. The van der Waals surface area contributed by atoms with Crippen LogP contribution >= 0.6 is 0 Å². The fourth-order valence-corrected chi connectivity index (χ4v) is 3.26. The first-order chi connectivity index (χ1) is 10.2. The first-order valence-corrected chi connectivity index (χ1v) is 7.53. The van der Waals surface area contributed by atoms with Gasteiger partial charge in [-0.15, -0.1) is 0 Å². The summed E-state index contributed by atoms with van der Waals surface area (Å²) in [5.74, 6) is 0.0525. The lowest BCUT2D eigenvalue weighted by atomic mass is 9.99. The zero-order valence-electron chi connectivity index (χ0n) is 12.3. The van der Waals surface area contributed by atoms with E-state index in [1.165, 1.54) is 11.1 Å². The van der Waals surface area contributed by atoms with Gasteiger partial charge in [0.1, 0.15) is 6.04 Å². The maximum atomic E-state index is 12.7. The average Bonchev–Trinajstić information content (AvgIpc) is 2.97. The summed E-state index contributed by atoms with van der Waals surface area (Å²) in [6.07, 6.45) is 2.04. The molecule has 1 aromatic rings. The number of benzene rings is 1. The van der Waals surface area contributed by atoms with E-state index >= 15 is 0 Å². The van der Waals surface area contributed by atoms with Crippen molar-refractivity contribution < 1.29 is 9.59 Å². The fourth-order valence-electron chi connectivity index (χ4n) is 3.26. The zero-order chi connectivity index (χ0) is 14.8. The van der Waals surface area contributed by atoms with Crippen LogP contribution in [0.25, 0.3) is 0 Å². The molecule has 112 valence electrons. The van der Waals surface area contributed by atoms with E-state index in [1.54, 1.807) is 0 Å². The van der Waals surface area contributed by atoms with Crippen molar-refractivity contribution in [1.29, 1.82) is 0 Å². The fraction of sp³-hybridized carbons (Fsp3) is 0.500. The van der Waals surface area contributed by atoms with E-state index in [1.807, 2.05) is 17.0 Å².